The second-order valence-electron chi connectivity index (χ2n) is 5.15. The molecule has 22 heavy (non-hydrogen) atoms. The van der Waals surface area contributed by atoms with Crippen molar-refractivity contribution in [1.29, 1.82) is 0 Å². The molecule has 3 rings (SSSR count). The molecular formula is C17H17N3O2. The molecule has 2 N–H and O–H groups in total. The highest BCUT2D eigenvalue weighted by Crippen LogP contribution is 2.19. The fraction of sp³-hybridized carbons (Fsp3) is 0.176. The maximum absolute atomic E-state index is 12.6. The van der Waals surface area contributed by atoms with Crippen LogP contribution in [0.2, 0.25) is 0 Å². The van der Waals surface area contributed by atoms with Gasteiger partial charge in [0.2, 0.25) is 0 Å². The smallest absolute Gasteiger partial charge is 0.274 e. The normalized spacial score (nSPS) is 10.8. The number of rotatable bonds is 3. The third-order valence-corrected chi connectivity index (χ3v) is 3.59. The van der Waals surface area contributed by atoms with E-state index in [0.717, 1.165) is 16.9 Å². The number of aryl methyl sites for hydroxylation is 2. The Hall–Kier alpha value is -2.82. The number of hydrogen-bond donors (Lipinski definition) is 2. The second-order valence-corrected chi connectivity index (χ2v) is 5.15. The maximum atomic E-state index is 12.6. The maximum Gasteiger partial charge on any atom is 0.274 e. The van der Waals surface area contributed by atoms with Gasteiger partial charge in [-0.3, -0.25) is 9.20 Å². The Morgan fingerprint density at radius 3 is 2.68 bits per heavy atom. The monoisotopic (exact) mass is 295 g/mol. The second kappa shape index (κ2) is 5.52. The topological polar surface area (TPSA) is 66.6 Å². The minimum Gasteiger partial charge on any atom is -0.508 e. The minimum absolute atomic E-state index is 0.165. The summed E-state index contributed by atoms with van der Waals surface area (Å²) in [5.74, 6) is -0.0432. The molecule has 112 valence electrons. The summed E-state index contributed by atoms with van der Waals surface area (Å²) in [5.41, 5.74) is 3.78. The molecule has 2 aromatic heterocycles. The first-order chi connectivity index (χ1) is 10.6. The van der Waals surface area contributed by atoms with Crippen molar-refractivity contribution in [2.45, 2.75) is 20.3 Å². The van der Waals surface area contributed by atoms with Crippen LogP contribution < -0.4 is 5.32 Å². The van der Waals surface area contributed by atoms with Gasteiger partial charge < -0.3 is 10.4 Å². The van der Waals surface area contributed by atoms with Crippen LogP contribution in [-0.4, -0.2) is 20.4 Å². The molecule has 0 saturated carbocycles. The standard InChI is InChI=1S/C17H17N3O2/c1-3-14-15(20-10-4-5-11(2)16(20)19-14)17(22)18-12-6-8-13(21)9-7-12/h4-10,21H,3H2,1-2H3,(H,18,22). The van der Waals surface area contributed by atoms with Gasteiger partial charge in [0, 0.05) is 11.9 Å². The number of pyridine rings is 1. The zero-order valence-corrected chi connectivity index (χ0v) is 12.5. The molecule has 0 atom stereocenters. The van der Waals surface area contributed by atoms with Gasteiger partial charge in [-0.25, -0.2) is 4.98 Å². The van der Waals surface area contributed by atoms with E-state index in [2.05, 4.69) is 10.3 Å². The number of fused-ring (bicyclic) bond motifs is 1. The van der Waals surface area contributed by atoms with Gasteiger partial charge in [-0.05, 0) is 49.2 Å². The highest BCUT2D eigenvalue weighted by atomic mass is 16.3. The third kappa shape index (κ3) is 2.41. The summed E-state index contributed by atoms with van der Waals surface area (Å²) in [6, 6.07) is 10.3. The van der Waals surface area contributed by atoms with Crippen molar-refractivity contribution >= 4 is 17.2 Å². The Morgan fingerprint density at radius 1 is 1.27 bits per heavy atom. The fourth-order valence-corrected chi connectivity index (χ4v) is 2.47. The number of hydrogen-bond acceptors (Lipinski definition) is 3. The first-order valence-corrected chi connectivity index (χ1v) is 7.17. The van der Waals surface area contributed by atoms with Gasteiger partial charge in [-0.2, -0.15) is 0 Å². The van der Waals surface area contributed by atoms with Crippen LogP contribution >= 0.6 is 0 Å². The first-order valence-electron chi connectivity index (χ1n) is 7.17. The summed E-state index contributed by atoms with van der Waals surface area (Å²) >= 11 is 0. The molecule has 0 radical (unpaired) electrons. The average molecular weight is 295 g/mol. The number of aromatic hydroxyl groups is 1. The molecule has 5 nitrogen and oxygen atoms in total. The molecule has 1 amide bonds. The molecule has 0 bridgehead atoms. The predicted molar refractivity (Wildman–Crippen MR) is 85.4 cm³/mol. The van der Waals surface area contributed by atoms with E-state index < -0.39 is 0 Å². The number of phenolic OH excluding ortho intramolecular Hbond substituents is 1. The molecule has 0 spiro atoms. The molecule has 0 aliphatic heterocycles. The van der Waals surface area contributed by atoms with Gasteiger partial charge in [0.1, 0.15) is 17.1 Å². The van der Waals surface area contributed by atoms with Crippen LogP contribution in [-0.2, 0) is 6.42 Å². The van der Waals surface area contributed by atoms with Crippen LogP contribution in [0.25, 0.3) is 5.65 Å². The lowest BCUT2D eigenvalue weighted by Gasteiger charge is -2.07. The number of anilines is 1. The Morgan fingerprint density at radius 2 is 2.00 bits per heavy atom. The number of carbonyl (C=O) groups is 1. The first kappa shape index (κ1) is 14.1. The van der Waals surface area contributed by atoms with Crippen LogP contribution in [0.4, 0.5) is 5.69 Å². The molecule has 5 heteroatoms. The number of nitrogens with zero attached hydrogens (tertiary/aromatic N) is 2. The van der Waals surface area contributed by atoms with Crippen molar-refractivity contribution < 1.29 is 9.90 Å². The van der Waals surface area contributed by atoms with Crippen molar-refractivity contribution in [3.63, 3.8) is 0 Å². The van der Waals surface area contributed by atoms with Crippen LogP contribution in [0.3, 0.4) is 0 Å². The van der Waals surface area contributed by atoms with Gasteiger partial charge in [-0.1, -0.05) is 13.0 Å². The van der Waals surface area contributed by atoms with E-state index in [0.29, 0.717) is 17.8 Å². The Balaban J connectivity index is 2.03. The number of aromatic nitrogens is 2. The molecule has 0 aliphatic rings. The highest BCUT2D eigenvalue weighted by molar-refractivity contribution is 6.04. The molecule has 0 aliphatic carbocycles. The Labute approximate surface area is 128 Å². The Kier molecular flexibility index (Phi) is 3.55. The van der Waals surface area contributed by atoms with E-state index in [9.17, 15) is 9.90 Å². The molecule has 0 saturated heterocycles. The number of phenols is 1. The summed E-state index contributed by atoms with van der Waals surface area (Å²) < 4.78 is 1.82. The Bertz CT molecular complexity index is 835. The van der Waals surface area contributed by atoms with Crippen molar-refractivity contribution in [2.24, 2.45) is 0 Å². The van der Waals surface area contributed by atoms with E-state index >= 15 is 0 Å². The number of imidazole rings is 1. The summed E-state index contributed by atoms with van der Waals surface area (Å²) in [6.45, 7) is 3.96. The van der Waals surface area contributed by atoms with E-state index in [-0.39, 0.29) is 11.7 Å². The van der Waals surface area contributed by atoms with Gasteiger partial charge >= 0.3 is 0 Å². The lowest BCUT2D eigenvalue weighted by atomic mass is 10.2. The van der Waals surface area contributed by atoms with E-state index in [1.54, 1.807) is 12.1 Å². The molecule has 1 aromatic carbocycles. The number of amides is 1. The van der Waals surface area contributed by atoms with Gasteiger partial charge in [-0.15, -0.1) is 0 Å². The van der Waals surface area contributed by atoms with Gasteiger partial charge in [0.15, 0.2) is 0 Å². The van der Waals surface area contributed by atoms with Crippen LogP contribution in [0.15, 0.2) is 42.6 Å². The van der Waals surface area contributed by atoms with Crippen molar-refractivity contribution in [3.8, 4) is 5.75 Å². The summed E-state index contributed by atoms with van der Waals surface area (Å²) in [4.78, 5) is 17.2. The summed E-state index contributed by atoms with van der Waals surface area (Å²) in [5, 5.41) is 12.1. The van der Waals surface area contributed by atoms with Crippen LogP contribution in [0.1, 0.15) is 28.7 Å². The fourth-order valence-electron chi connectivity index (χ4n) is 2.47. The summed E-state index contributed by atoms with van der Waals surface area (Å²) in [7, 11) is 0. The van der Waals surface area contributed by atoms with E-state index in [1.165, 1.54) is 12.1 Å². The average Bonchev–Trinajstić information content (AvgIpc) is 2.89. The number of benzene rings is 1. The van der Waals surface area contributed by atoms with E-state index in [1.807, 2.05) is 36.6 Å². The molecule has 3 aromatic rings. The van der Waals surface area contributed by atoms with Gasteiger partial charge in [0.05, 0.1) is 5.69 Å². The van der Waals surface area contributed by atoms with Crippen molar-refractivity contribution in [3.05, 3.63) is 59.5 Å². The van der Waals surface area contributed by atoms with Crippen LogP contribution in [0.5, 0.6) is 5.75 Å². The molecule has 0 fully saturated rings. The summed E-state index contributed by atoms with van der Waals surface area (Å²) in [6.07, 6.45) is 2.53. The SMILES string of the molecule is CCc1nc2c(C)cccn2c1C(=O)Nc1ccc(O)cc1. The van der Waals surface area contributed by atoms with E-state index in [4.69, 9.17) is 0 Å². The quantitative estimate of drug-likeness (QED) is 0.729. The lowest BCUT2D eigenvalue weighted by molar-refractivity contribution is 0.102. The molecule has 0 unspecified atom stereocenters. The highest BCUT2D eigenvalue weighted by Gasteiger charge is 2.19. The third-order valence-electron chi connectivity index (χ3n) is 3.59. The minimum atomic E-state index is -0.208. The zero-order valence-electron chi connectivity index (χ0n) is 12.5. The lowest BCUT2D eigenvalue weighted by Crippen LogP contribution is -2.16. The number of nitrogens with one attached hydrogen (secondary N) is 1. The van der Waals surface area contributed by atoms with Crippen molar-refractivity contribution in [2.75, 3.05) is 5.32 Å². The molecular weight excluding hydrogens is 278 g/mol. The zero-order chi connectivity index (χ0) is 15.7. The number of carbonyl (C=O) groups excluding carboxylic acids is 1. The van der Waals surface area contributed by atoms with Crippen LogP contribution in [0, 0.1) is 6.92 Å². The van der Waals surface area contributed by atoms with Gasteiger partial charge in [0.25, 0.3) is 5.91 Å². The largest absolute Gasteiger partial charge is 0.508 e. The van der Waals surface area contributed by atoms with Crippen molar-refractivity contribution in [1.82, 2.24) is 9.38 Å². The predicted octanol–water partition coefficient (Wildman–Crippen LogP) is 3.16. The molecule has 2 heterocycles.